The molecule has 2 rings (SSSR count). The third kappa shape index (κ3) is 5.21. The van der Waals surface area contributed by atoms with E-state index in [9.17, 15) is 4.79 Å². The van der Waals surface area contributed by atoms with E-state index < -0.39 is 0 Å². The molecule has 1 aliphatic heterocycles. The molecule has 1 aliphatic rings. The highest BCUT2D eigenvalue weighted by Gasteiger charge is 2.15. The molecule has 0 spiro atoms. The Morgan fingerprint density at radius 1 is 1.40 bits per heavy atom. The van der Waals surface area contributed by atoms with E-state index in [2.05, 4.69) is 5.32 Å². The molecule has 1 fully saturated rings. The average Bonchev–Trinajstić information content (AvgIpc) is 2.96. The van der Waals surface area contributed by atoms with Crippen LogP contribution in [0.2, 0.25) is 0 Å². The van der Waals surface area contributed by atoms with Crippen LogP contribution in [0, 0.1) is 6.92 Å². The van der Waals surface area contributed by atoms with Crippen molar-refractivity contribution in [3.63, 3.8) is 0 Å². The van der Waals surface area contributed by atoms with Crippen molar-refractivity contribution in [3.05, 3.63) is 29.8 Å². The predicted molar refractivity (Wildman–Crippen MR) is 77.9 cm³/mol. The Bertz CT molecular complexity index is 410. The molecule has 1 atom stereocenters. The molecule has 20 heavy (non-hydrogen) atoms. The first kappa shape index (κ1) is 14.9. The molecule has 1 aromatic carbocycles. The maximum absolute atomic E-state index is 11.6. The Morgan fingerprint density at radius 2 is 2.20 bits per heavy atom. The van der Waals surface area contributed by atoms with Crippen molar-refractivity contribution in [1.29, 1.82) is 0 Å². The largest absolute Gasteiger partial charge is 0.494 e. The van der Waals surface area contributed by atoms with E-state index in [1.807, 2.05) is 31.2 Å². The fraction of sp³-hybridized carbons (Fsp3) is 0.562. The fourth-order valence-corrected chi connectivity index (χ4v) is 2.18. The lowest BCUT2D eigenvalue weighted by atomic mass is 10.2. The zero-order valence-corrected chi connectivity index (χ0v) is 12.1. The number of aryl methyl sites for hydroxylation is 1. The topological polar surface area (TPSA) is 47.6 Å². The summed E-state index contributed by atoms with van der Waals surface area (Å²) in [5.41, 5.74) is 1.21. The molecule has 0 radical (unpaired) electrons. The van der Waals surface area contributed by atoms with Gasteiger partial charge in [0.2, 0.25) is 5.91 Å². The van der Waals surface area contributed by atoms with E-state index >= 15 is 0 Å². The first-order valence-corrected chi connectivity index (χ1v) is 7.32. The third-order valence-corrected chi connectivity index (χ3v) is 3.39. The summed E-state index contributed by atoms with van der Waals surface area (Å²) in [6.07, 6.45) is 3.59. The van der Waals surface area contributed by atoms with Crippen molar-refractivity contribution < 1.29 is 14.3 Å². The van der Waals surface area contributed by atoms with Gasteiger partial charge in [0, 0.05) is 19.6 Å². The number of carbonyl (C=O) groups is 1. The highest BCUT2D eigenvalue weighted by Crippen LogP contribution is 2.12. The zero-order valence-electron chi connectivity index (χ0n) is 12.1. The van der Waals surface area contributed by atoms with E-state index in [1.165, 1.54) is 5.56 Å². The van der Waals surface area contributed by atoms with Gasteiger partial charge in [0.15, 0.2) is 0 Å². The van der Waals surface area contributed by atoms with Gasteiger partial charge < -0.3 is 14.8 Å². The summed E-state index contributed by atoms with van der Waals surface area (Å²) in [5.74, 6) is 0.934. The van der Waals surface area contributed by atoms with Crippen molar-refractivity contribution >= 4 is 5.91 Å². The van der Waals surface area contributed by atoms with Crippen molar-refractivity contribution in [2.75, 3.05) is 19.8 Å². The Kier molecular flexibility index (Phi) is 5.87. The van der Waals surface area contributed by atoms with Crippen molar-refractivity contribution in [1.82, 2.24) is 5.32 Å². The van der Waals surface area contributed by atoms with Gasteiger partial charge in [-0.1, -0.05) is 17.7 Å². The van der Waals surface area contributed by atoms with Crippen molar-refractivity contribution in [2.24, 2.45) is 0 Å². The minimum absolute atomic E-state index is 0.0769. The van der Waals surface area contributed by atoms with Crippen LogP contribution < -0.4 is 10.1 Å². The third-order valence-electron chi connectivity index (χ3n) is 3.39. The first-order chi connectivity index (χ1) is 9.74. The molecule has 4 nitrogen and oxygen atoms in total. The van der Waals surface area contributed by atoms with Crippen molar-refractivity contribution in [2.45, 2.75) is 38.7 Å². The zero-order chi connectivity index (χ0) is 14.2. The quantitative estimate of drug-likeness (QED) is 0.779. The van der Waals surface area contributed by atoms with Crippen LogP contribution in [0.5, 0.6) is 5.75 Å². The minimum Gasteiger partial charge on any atom is -0.494 e. The number of rotatable bonds is 7. The van der Waals surface area contributed by atoms with Crippen molar-refractivity contribution in [3.8, 4) is 5.75 Å². The van der Waals surface area contributed by atoms with Crippen LogP contribution in [0.4, 0.5) is 0 Å². The fourth-order valence-electron chi connectivity index (χ4n) is 2.18. The molecule has 1 aromatic rings. The molecule has 0 aliphatic carbocycles. The maximum Gasteiger partial charge on any atom is 0.220 e. The highest BCUT2D eigenvalue weighted by molar-refractivity contribution is 5.75. The molecule has 0 bridgehead atoms. The van der Waals surface area contributed by atoms with Crippen LogP contribution in [0.3, 0.4) is 0 Å². The Morgan fingerprint density at radius 3 is 2.90 bits per heavy atom. The van der Waals surface area contributed by atoms with E-state index in [4.69, 9.17) is 9.47 Å². The standard InChI is InChI=1S/C16H23NO3/c1-13-6-8-14(9-7-13)19-11-3-5-16(18)17-12-15-4-2-10-20-15/h6-9,15H,2-5,10-12H2,1H3,(H,17,18)/t15-/m0/s1. The molecule has 1 amide bonds. The van der Waals surface area contributed by atoms with Gasteiger partial charge in [0.1, 0.15) is 5.75 Å². The molecule has 0 saturated carbocycles. The summed E-state index contributed by atoms with van der Waals surface area (Å²) in [4.78, 5) is 11.6. The molecular weight excluding hydrogens is 254 g/mol. The number of hydrogen-bond acceptors (Lipinski definition) is 3. The van der Waals surface area contributed by atoms with Crippen LogP contribution in [-0.4, -0.2) is 31.8 Å². The molecule has 1 heterocycles. The number of hydrogen-bond donors (Lipinski definition) is 1. The Labute approximate surface area is 120 Å². The summed E-state index contributed by atoms with van der Waals surface area (Å²) in [7, 11) is 0. The van der Waals surface area contributed by atoms with Gasteiger partial charge in [-0.25, -0.2) is 0 Å². The number of nitrogens with one attached hydrogen (secondary N) is 1. The monoisotopic (exact) mass is 277 g/mol. The second kappa shape index (κ2) is 7.90. The van der Waals surface area contributed by atoms with Crippen LogP contribution in [-0.2, 0) is 9.53 Å². The number of amides is 1. The normalized spacial score (nSPS) is 17.9. The molecule has 0 unspecified atom stereocenters. The van der Waals surface area contributed by atoms with Crippen LogP contribution in [0.25, 0.3) is 0 Å². The van der Waals surface area contributed by atoms with Crippen LogP contribution >= 0.6 is 0 Å². The molecule has 4 heteroatoms. The SMILES string of the molecule is Cc1ccc(OCCCC(=O)NC[C@@H]2CCCO2)cc1. The number of benzene rings is 1. The van der Waals surface area contributed by atoms with Crippen LogP contribution in [0.15, 0.2) is 24.3 Å². The van der Waals surface area contributed by atoms with Crippen LogP contribution in [0.1, 0.15) is 31.2 Å². The molecule has 1 saturated heterocycles. The second-order valence-corrected chi connectivity index (χ2v) is 5.20. The summed E-state index contributed by atoms with van der Waals surface area (Å²) >= 11 is 0. The van der Waals surface area contributed by atoms with Gasteiger partial charge >= 0.3 is 0 Å². The Hall–Kier alpha value is -1.55. The lowest BCUT2D eigenvalue weighted by Crippen LogP contribution is -2.31. The van der Waals surface area contributed by atoms with Gasteiger partial charge in [0.25, 0.3) is 0 Å². The van der Waals surface area contributed by atoms with E-state index in [0.717, 1.165) is 31.6 Å². The van der Waals surface area contributed by atoms with Gasteiger partial charge in [-0.3, -0.25) is 4.79 Å². The maximum atomic E-state index is 11.6. The van der Waals surface area contributed by atoms with Gasteiger partial charge in [-0.05, 0) is 38.3 Å². The van der Waals surface area contributed by atoms with E-state index in [-0.39, 0.29) is 12.0 Å². The van der Waals surface area contributed by atoms with Gasteiger partial charge in [-0.15, -0.1) is 0 Å². The average molecular weight is 277 g/mol. The highest BCUT2D eigenvalue weighted by atomic mass is 16.5. The van der Waals surface area contributed by atoms with Gasteiger partial charge in [-0.2, -0.15) is 0 Å². The molecule has 0 aromatic heterocycles. The predicted octanol–water partition coefficient (Wildman–Crippen LogP) is 2.45. The van der Waals surface area contributed by atoms with E-state index in [1.54, 1.807) is 0 Å². The smallest absolute Gasteiger partial charge is 0.220 e. The lowest BCUT2D eigenvalue weighted by Gasteiger charge is -2.11. The second-order valence-electron chi connectivity index (χ2n) is 5.20. The summed E-state index contributed by atoms with van der Waals surface area (Å²) < 4.78 is 11.0. The Balaban J connectivity index is 1.53. The first-order valence-electron chi connectivity index (χ1n) is 7.32. The number of carbonyl (C=O) groups excluding carboxylic acids is 1. The molecule has 1 N–H and O–H groups in total. The summed E-state index contributed by atoms with van der Waals surface area (Å²) in [6, 6.07) is 7.94. The summed E-state index contributed by atoms with van der Waals surface area (Å²) in [6.45, 7) is 4.07. The molecular formula is C16H23NO3. The lowest BCUT2D eigenvalue weighted by molar-refractivity contribution is -0.121. The van der Waals surface area contributed by atoms with E-state index in [0.29, 0.717) is 19.6 Å². The minimum atomic E-state index is 0.0769. The summed E-state index contributed by atoms with van der Waals surface area (Å²) in [5, 5.41) is 2.91. The van der Waals surface area contributed by atoms with Gasteiger partial charge in [0.05, 0.1) is 12.7 Å². The molecule has 110 valence electrons. The number of ether oxygens (including phenoxy) is 2.